The summed E-state index contributed by atoms with van der Waals surface area (Å²) in [6, 6.07) is 6.34. The van der Waals surface area contributed by atoms with Crippen LogP contribution >= 0.6 is 11.8 Å². The lowest BCUT2D eigenvalue weighted by molar-refractivity contribution is -0.155. The van der Waals surface area contributed by atoms with Gasteiger partial charge in [0.25, 0.3) is 5.91 Å². The van der Waals surface area contributed by atoms with Crippen molar-refractivity contribution < 1.29 is 29.0 Å². The molecule has 4 rings (SSSR count). The van der Waals surface area contributed by atoms with Crippen LogP contribution in [0.25, 0.3) is 0 Å². The summed E-state index contributed by atoms with van der Waals surface area (Å²) in [5, 5.41) is 9.83. The quantitative estimate of drug-likeness (QED) is 0.253. The van der Waals surface area contributed by atoms with Gasteiger partial charge in [0.1, 0.15) is 11.8 Å². The van der Waals surface area contributed by atoms with Crippen LogP contribution in [0.2, 0.25) is 0 Å². The summed E-state index contributed by atoms with van der Waals surface area (Å²) in [6.07, 6.45) is 6.17. The summed E-state index contributed by atoms with van der Waals surface area (Å²) in [7, 11) is 1.58. The Kier molecular flexibility index (Phi) is 8.04. The lowest BCUT2D eigenvalue weighted by Crippen LogP contribution is -2.55. The maximum absolute atomic E-state index is 14.3. The van der Waals surface area contributed by atoms with Gasteiger partial charge in [-0.2, -0.15) is 0 Å². The number of hydrogen-bond donors (Lipinski definition) is 1. The van der Waals surface area contributed by atoms with Crippen molar-refractivity contribution in [1.29, 1.82) is 0 Å². The summed E-state index contributed by atoms with van der Waals surface area (Å²) >= 11 is 1.58. The zero-order valence-electron chi connectivity index (χ0n) is 21.6. The molecule has 3 aliphatic heterocycles. The van der Waals surface area contributed by atoms with Crippen molar-refractivity contribution in [2.45, 2.75) is 48.1 Å². The molecule has 0 radical (unpaired) electrons. The van der Waals surface area contributed by atoms with Crippen LogP contribution in [0.4, 0.5) is 5.69 Å². The molecular formula is C28H36N2O6S. The average molecular weight is 529 g/mol. The number of likely N-dealkylation sites (tertiary alicyclic amines) is 1. The van der Waals surface area contributed by atoms with E-state index in [4.69, 9.17) is 9.47 Å². The lowest BCUT2D eigenvalue weighted by atomic mass is 9.66. The second-order valence-electron chi connectivity index (χ2n) is 10.0. The third kappa shape index (κ3) is 4.56. The van der Waals surface area contributed by atoms with Gasteiger partial charge in [0.05, 0.1) is 36.9 Å². The Morgan fingerprint density at radius 3 is 2.59 bits per heavy atom. The number of fused-ring (bicyclic) bond motifs is 1. The van der Waals surface area contributed by atoms with E-state index >= 15 is 0 Å². The summed E-state index contributed by atoms with van der Waals surface area (Å²) in [5.74, 6) is -1.54. The Morgan fingerprint density at radius 2 is 1.97 bits per heavy atom. The predicted molar refractivity (Wildman–Crippen MR) is 143 cm³/mol. The van der Waals surface area contributed by atoms with E-state index in [1.54, 1.807) is 60.2 Å². The number of allylic oxidation sites excluding steroid dienone is 1. The van der Waals surface area contributed by atoms with Crippen LogP contribution in [0.5, 0.6) is 5.75 Å². The topological polar surface area (TPSA) is 96.4 Å². The molecule has 3 fully saturated rings. The molecule has 1 spiro atoms. The summed E-state index contributed by atoms with van der Waals surface area (Å²) < 4.78 is 9.62. The molecule has 2 unspecified atom stereocenters. The van der Waals surface area contributed by atoms with Gasteiger partial charge in [0.15, 0.2) is 0 Å². The number of ether oxygens (including phenoxy) is 2. The summed E-state index contributed by atoms with van der Waals surface area (Å²) in [4.78, 5) is 44.6. The van der Waals surface area contributed by atoms with Gasteiger partial charge in [-0.05, 0) is 56.9 Å². The Hall–Kier alpha value is -2.78. The monoisotopic (exact) mass is 528 g/mol. The summed E-state index contributed by atoms with van der Waals surface area (Å²) in [6.45, 7) is 9.80. The number of carbonyl (C=O) groups is 3. The van der Waals surface area contributed by atoms with Gasteiger partial charge in [0.2, 0.25) is 5.91 Å². The normalized spacial score (nSPS) is 29.6. The van der Waals surface area contributed by atoms with Crippen LogP contribution in [-0.4, -0.2) is 76.7 Å². The molecule has 0 saturated carbocycles. The molecule has 0 aromatic heterocycles. The van der Waals surface area contributed by atoms with Crippen molar-refractivity contribution in [3.8, 4) is 5.75 Å². The third-order valence-corrected chi connectivity index (χ3v) is 9.85. The van der Waals surface area contributed by atoms with E-state index in [-0.39, 0.29) is 44.1 Å². The molecule has 3 aliphatic rings. The molecule has 3 heterocycles. The highest BCUT2D eigenvalue weighted by Crippen LogP contribution is 2.71. The molecule has 8 nitrogen and oxygen atoms in total. The maximum atomic E-state index is 14.3. The Bertz CT molecular complexity index is 1060. The highest BCUT2D eigenvalue weighted by Gasteiger charge is 2.77. The number of unbranched alkanes of at least 4 members (excludes halogenated alkanes) is 1. The van der Waals surface area contributed by atoms with Gasteiger partial charge in [-0.1, -0.05) is 12.2 Å². The smallest absolute Gasteiger partial charge is 0.311 e. The summed E-state index contributed by atoms with van der Waals surface area (Å²) in [5.41, 5.74) is 0.656. The van der Waals surface area contributed by atoms with E-state index < -0.39 is 27.4 Å². The van der Waals surface area contributed by atoms with Crippen LogP contribution in [-0.2, 0) is 19.1 Å². The number of thioether (sulfide) groups is 1. The number of aliphatic hydroxyl groups excluding tert-OH is 1. The number of aliphatic hydroxyl groups is 1. The molecule has 37 heavy (non-hydrogen) atoms. The van der Waals surface area contributed by atoms with E-state index in [0.29, 0.717) is 30.7 Å². The minimum Gasteiger partial charge on any atom is -0.497 e. The predicted octanol–water partition coefficient (Wildman–Crippen LogP) is 3.20. The highest BCUT2D eigenvalue weighted by atomic mass is 32.2. The number of carbonyl (C=O) groups excluding carboxylic acids is 3. The van der Waals surface area contributed by atoms with Crippen molar-refractivity contribution in [2.75, 3.05) is 38.3 Å². The SMILES string of the molecule is C=CCCCOC(=O)[C@@H]1[C@H]2C(=O)N(CCO)C(C(=O)N(CC=C)c3ccc(OC)cc3)C23CC[C@@]1(C)S3. The standard InChI is InChI=1S/C28H36N2O6S/c1-5-7-8-18-36-26(34)22-21-24(32)30(16-17-31)23(28(21)14-13-27(22,3)37-28)25(33)29(15-6-2)19-9-11-20(35-4)12-10-19/h5-6,9-12,21-23,31H,1-2,7-8,13-18H2,3-4H3/t21-,22-,23?,27+,28?/m0/s1. The highest BCUT2D eigenvalue weighted by molar-refractivity contribution is 8.02. The van der Waals surface area contributed by atoms with Gasteiger partial charge in [-0.25, -0.2) is 0 Å². The van der Waals surface area contributed by atoms with Gasteiger partial charge < -0.3 is 24.4 Å². The lowest BCUT2D eigenvalue weighted by Gasteiger charge is -2.37. The number of amides is 2. The fraction of sp³-hybridized carbons (Fsp3) is 0.536. The van der Waals surface area contributed by atoms with Gasteiger partial charge in [-0.15, -0.1) is 24.9 Å². The van der Waals surface area contributed by atoms with Gasteiger partial charge in [0, 0.05) is 23.5 Å². The van der Waals surface area contributed by atoms with Crippen molar-refractivity contribution >= 4 is 35.2 Å². The first-order valence-corrected chi connectivity index (χ1v) is 13.5. The average Bonchev–Trinajstić information content (AvgIpc) is 3.46. The fourth-order valence-corrected chi connectivity index (χ4v) is 8.60. The van der Waals surface area contributed by atoms with E-state index in [2.05, 4.69) is 13.2 Å². The number of β-amino-alcohol motifs (C(OH)–C–C–N with tert-alkyl or cyclic N) is 1. The molecular weight excluding hydrogens is 492 g/mol. The molecule has 1 aromatic rings. The zero-order chi connectivity index (χ0) is 26.8. The van der Waals surface area contributed by atoms with E-state index in [1.165, 1.54) is 4.90 Å². The minimum atomic E-state index is -0.815. The molecule has 200 valence electrons. The number of esters is 1. The Labute approximate surface area is 222 Å². The number of hydrogen-bond acceptors (Lipinski definition) is 7. The van der Waals surface area contributed by atoms with E-state index in [0.717, 1.165) is 6.42 Å². The second-order valence-corrected chi connectivity index (χ2v) is 11.9. The minimum absolute atomic E-state index is 0.0242. The first-order chi connectivity index (χ1) is 17.8. The van der Waals surface area contributed by atoms with Crippen LogP contribution < -0.4 is 9.64 Å². The van der Waals surface area contributed by atoms with Gasteiger partial charge in [-0.3, -0.25) is 14.4 Å². The number of rotatable bonds is 12. The molecule has 2 bridgehead atoms. The number of nitrogens with zero attached hydrogens (tertiary/aromatic N) is 2. The Morgan fingerprint density at radius 1 is 1.24 bits per heavy atom. The van der Waals surface area contributed by atoms with Crippen molar-refractivity contribution in [2.24, 2.45) is 11.8 Å². The number of anilines is 1. The van der Waals surface area contributed by atoms with E-state index in [1.807, 2.05) is 6.92 Å². The first kappa shape index (κ1) is 27.3. The molecule has 5 atom stereocenters. The molecule has 1 N–H and O–H groups in total. The maximum Gasteiger partial charge on any atom is 0.311 e. The number of benzene rings is 1. The van der Waals surface area contributed by atoms with Gasteiger partial charge >= 0.3 is 5.97 Å². The fourth-order valence-electron chi connectivity index (χ4n) is 6.26. The Balaban J connectivity index is 1.70. The van der Waals surface area contributed by atoms with Crippen molar-refractivity contribution in [1.82, 2.24) is 4.90 Å². The zero-order valence-corrected chi connectivity index (χ0v) is 22.4. The van der Waals surface area contributed by atoms with Crippen LogP contribution in [0.3, 0.4) is 0 Å². The number of methoxy groups -OCH3 is 1. The molecule has 0 aliphatic carbocycles. The molecule has 3 saturated heterocycles. The largest absolute Gasteiger partial charge is 0.497 e. The van der Waals surface area contributed by atoms with Crippen molar-refractivity contribution in [3.05, 3.63) is 49.6 Å². The van der Waals surface area contributed by atoms with E-state index in [9.17, 15) is 19.5 Å². The second kappa shape index (κ2) is 10.9. The first-order valence-electron chi connectivity index (χ1n) is 12.7. The van der Waals surface area contributed by atoms with Crippen LogP contribution in [0.15, 0.2) is 49.6 Å². The third-order valence-electron chi connectivity index (χ3n) is 7.86. The molecule has 2 amide bonds. The van der Waals surface area contributed by atoms with Crippen molar-refractivity contribution in [3.63, 3.8) is 0 Å². The molecule has 1 aromatic carbocycles. The van der Waals surface area contributed by atoms with Crippen LogP contribution in [0, 0.1) is 11.8 Å². The van der Waals surface area contributed by atoms with Crippen LogP contribution in [0.1, 0.15) is 32.6 Å². The molecule has 9 heteroatoms.